The molecular formula is C26H49NO7P+. The van der Waals surface area contributed by atoms with Gasteiger partial charge in [0.15, 0.2) is 0 Å². The van der Waals surface area contributed by atoms with Crippen molar-refractivity contribution in [3.8, 4) is 0 Å². The first-order valence-electron chi connectivity index (χ1n) is 12.7. The molecule has 204 valence electrons. The molecule has 0 aromatic heterocycles. The number of quaternary nitrogens is 1. The average Bonchev–Trinajstić information content (AvgIpc) is 2.75. The van der Waals surface area contributed by atoms with E-state index in [0.717, 1.165) is 51.4 Å². The zero-order valence-corrected chi connectivity index (χ0v) is 23.4. The van der Waals surface area contributed by atoms with Crippen LogP contribution >= 0.6 is 7.82 Å². The van der Waals surface area contributed by atoms with Crippen LogP contribution in [0.5, 0.6) is 0 Å². The van der Waals surface area contributed by atoms with E-state index in [1.54, 1.807) is 0 Å². The van der Waals surface area contributed by atoms with Crippen molar-refractivity contribution in [2.75, 3.05) is 54.1 Å². The third-order valence-electron chi connectivity index (χ3n) is 4.77. The van der Waals surface area contributed by atoms with Crippen molar-refractivity contribution >= 4 is 13.8 Å². The van der Waals surface area contributed by atoms with E-state index >= 15 is 0 Å². The molecule has 1 N–H and O–H groups in total. The van der Waals surface area contributed by atoms with Crippen molar-refractivity contribution in [1.29, 1.82) is 0 Å². The summed E-state index contributed by atoms with van der Waals surface area (Å²) in [5.74, 6) is -0.502. The van der Waals surface area contributed by atoms with Gasteiger partial charge < -0.3 is 18.9 Å². The van der Waals surface area contributed by atoms with Gasteiger partial charge in [0.05, 0.1) is 34.4 Å². The highest BCUT2D eigenvalue weighted by Gasteiger charge is 2.25. The van der Waals surface area contributed by atoms with Crippen LogP contribution in [-0.4, -0.2) is 75.6 Å². The Morgan fingerprint density at radius 3 is 2.14 bits per heavy atom. The number of nitrogens with zero attached hydrogens (tertiary/aromatic N) is 1. The lowest BCUT2D eigenvalue weighted by molar-refractivity contribution is -0.870. The molecule has 0 heterocycles. The summed E-state index contributed by atoms with van der Waals surface area (Å²) in [5, 5.41) is 0. The summed E-state index contributed by atoms with van der Waals surface area (Å²) in [7, 11) is 1.63. The fourth-order valence-electron chi connectivity index (χ4n) is 2.86. The molecule has 8 nitrogen and oxygen atoms in total. The van der Waals surface area contributed by atoms with E-state index in [1.165, 1.54) is 6.92 Å². The molecule has 0 saturated carbocycles. The van der Waals surface area contributed by atoms with E-state index in [0.29, 0.717) is 17.6 Å². The summed E-state index contributed by atoms with van der Waals surface area (Å²) >= 11 is 0. The molecule has 0 aliphatic carbocycles. The van der Waals surface area contributed by atoms with E-state index in [1.807, 2.05) is 21.1 Å². The smallest absolute Gasteiger partial charge is 0.458 e. The van der Waals surface area contributed by atoms with Gasteiger partial charge in [-0.15, -0.1) is 0 Å². The van der Waals surface area contributed by atoms with Gasteiger partial charge in [0.2, 0.25) is 0 Å². The normalized spacial score (nSPS) is 15.3. The van der Waals surface area contributed by atoms with E-state index in [2.05, 4.69) is 43.4 Å². The van der Waals surface area contributed by atoms with Gasteiger partial charge in [-0.25, -0.2) is 4.57 Å². The Balaban J connectivity index is 3.93. The Morgan fingerprint density at radius 2 is 1.51 bits per heavy atom. The van der Waals surface area contributed by atoms with Crippen LogP contribution in [0.2, 0.25) is 0 Å². The maximum Gasteiger partial charge on any atom is 0.472 e. The van der Waals surface area contributed by atoms with Gasteiger partial charge in [-0.1, -0.05) is 56.2 Å². The van der Waals surface area contributed by atoms with Crippen molar-refractivity contribution in [2.24, 2.45) is 0 Å². The standard InChI is InChI=1S/C26H48NO7P/c1-6-7-8-9-10-11-12-13-14-15-16-17-18-19-21-31-23-26(34-25(2)28)24-33-35(29,30)32-22-20-27(3,4)5/h7-8,10-11,13-14,26H,6,9,12,15-24H2,1-5H3/p+1/b8-7-,11-10-,14-13-. The Bertz CT molecular complexity index is 671. The van der Waals surface area contributed by atoms with Crippen LogP contribution in [-0.2, 0) is 27.9 Å². The van der Waals surface area contributed by atoms with Crippen LogP contribution in [0.15, 0.2) is 36.5 Å². The molecule has 0 radical (unpaired) electrons. The number of unbranched alkanes of at least 4 members (excludes halogenated alkanes) is 4. The number of carbonyl (C=O) groups is 1. The van der Waals surface area contributed by atoms with E-state index in [-0.39, 0.29) is 19.8 Å². The molecule has 0 fully saturated rings. The predicted octanol–water partition coefficient (Wildman–Crippen LogP) is 5.58. The molecule has 35 heavy (non-hydrogen) atoms. The van der Waals surface area contributed by atoms with Crippen molar-refractivity contribution < 1.29 is 37.3 Å². The van der Waals surface area contributed by atoms with Crippen molar-refractivity contribution in [3.05, 3.63) is 36.5 Å². The number of ether oxygens (including phenoxy) is 2. The van der Waals surface area contributed by atoms with Crippen molar-refractivity contribution in [1.82, 2.24) is 0 Å². The summed E-state index contributed by atoms with van der Waals surface area (Å²) in [4.78, 5) is 21.1. The molecule has 2 unspecified atom stereocenters. The number of allylic oxidation sites excluding steroid dienone is 6. The second kappa shape index (κ2) is 20.9. The first-order valence-corrected chi connectivity index (χ1v) is 14.2. The van der Waals surface area contributed by atoms with Gasteiger partial charge in [-0.3, -0.25) is 13.8 Å². The Labute approximate surface area is 213 Å². The SMILES string of the molecule is CC/C=C\C/C=C\C/C=C\CCCCCCOCC(COP(=O)(O)OCC[N+](C)(C)C)OC(C)=O. The minimum atomic E-state index is -4.22. The molecule has 0 rings (SSSR count). The number of phosphoric ester groups is 1. The van der Waals surface area contributed by atoms with Crippen LogP contribution < -0.4 is 0 Å². The quantitative estimate of drug-likeness (QED) is 0.0657. The highest BCUT2D eigenvalue weighted by molar-refractivity contribution is 7.47. The molecule has 0 spiro atoms. The van der Waals surface area contributed by atoms with Gasteiger partial charge in [-0.05, 0) is 38.5 Å². The third-order valence-corrected chi connectivity index (χ3v) is 5.75. The minimum Gasteiger partial charge on any atom is -0.458 e. The molecule has 0 saturated heterocycles. The van der Waals surface area contributed by atoms with Gasteiger partial charge in [-0.2, -0.15) is 0 Å². The van der Waals surface area contributed by atoms with Crippen molar-refractivity contribution in [2.45, 2.75) is 71.3 Å². The largest absolute Gasteiger partial charge is 0.472 e. The number of hydrogen-bond acceptors (Lipinski definition) is 6. The van der Waals surface area contributed by atoms with Crippen LogP contribution in [0.25, 0.3) is 0 Å². The van der Waals surface area contributed by atoms with E-state index < -0.39 is 19.9 Å². The highest BCUT2D eigenvalue weighted by Crippen LogP contribution is 2.43. The second-order valence-corrected chi connectivity index (χ2v) is 10.9. The summed E-state index contributed by atoms with van der Waals surface area (Å²) in [6.45, 7) is 4.41. The maximum absolute atomic E-state index is 12.0. The second-order valence-electron chi connectivity index (χ2n) is 9.41. The van der Waals surface area contributed by atoms with Gasteiger partial charge in [0.25, 0.3) is 0 Å². The average molecular weight is 519 g/mol. The van der Waals surface area contributed by atoms with Crippen LogP contribution in [0.4, 0.5) is 0 Å². The summed E-state index contributed by atoms with van der Waals surface area (Å²) < 4.78 is 33.3. The lowest BCUT2D eigenvalue weighted by atomic mass is 10.1. The molecule has 2 atom stereocenters. The zero-order valence-electron chi connectivity index (χ0n) is 22.5. The van der Waals surface area contributed by atoms with Crippen molar-refractivity contribution in [3.63, 3.8) is 0 Å². The lowest BCUT2D eigenvalue weighted by Crippen LogP contribution is -2.37. The number of hydrogen-bond donors (Lipinski definition) is 1. The van der Waals surface area contributed by atoms with E-state index in [9.17, 15) is 14.3 Å². The third kappa shape index (κ3) is 25.6. The summed E-state index contributed by atoms with van der Waals surface area (Å²) in [5.41, 5.74) is 0. The molecule has 9 heteroatoms. The van der Waals surface area contributed by atoms with Gasteiger partial charge in [0, 0.05) is 13.5 Å². The highest BCUT2D eigenvalue weighted by atomic mass is 31.2. The fourth-order valence-corrected chi connectivity index (χ4v) is 3.60. The first kappa shape index (κ1) is 33.7. The molecule has 0 aliphatic heterocycles. The first-order chi connectivity index (χ1) is 16.6. The lowest BCUT2D eigenvalue weighted by Gasteiger charge is -2.24. The van der Waals surface area contributed by atoms with Crippen LogP contribution in [0, 0.1) is 0 Å². The molecular weight excluding hydrogens is 469 g/mol. The maximum atomic E-state index is 12.0. The zero-order chi connectivity index (χ0) is 26.4. The number of esters is 1. The molecule has 0 amide bonds. The number of rotatable bonds is 22. The Hall–Kier alpha value is -1.28. The monoisotopic (exact) mass is 518 g/mol. The topological polar surface area (TPSA) is 91.3 Å². The predicted molar refractivity (Wildman–Crippen MR) is 141 cm³/mol. The van der Waals surface area contributed by atoms with Crippen LogP contribution in [0.1, 0.15) is 65.2 Å². The molecule has 0 aliphatic rings. The Kier molecular flexibility index (Phi) is 20.1. The van der Waals surface area contributed by atoms with Gasteiger partial charge in [0.1, 0.15) is 19.3 Å². The molecule has 0 bridgehead atoms. The number of likely N-dealkylation sites (N-methyl/N-ethyl adjacent to an activating group) is 1. The van der Waals surface area contributed by atoms with E-state index in [4.69, 9.17) is 18.5 Å². The summed E-state index contributed by atoms with van der Waals surface area (Å²) in [6.07, 6.45) is 20.8. The molecule has 0 aromatic rings. The van der Waals surface area contributed by atoms with Gasteiger partial charge >= 0.3 is 13.8 Å². The molecule has 0 aromatic carbocycles. The number of carbonyl (C=O) groups excluding carboxylic acids is 1. The Morgan fingerprint density at radius 1 is 0.886 bits per heavy atom. The number of phosphoric acid groups is 1. The van der Waals surface area contributed by atoms with Crippen LogP contribution in [0.3, 0.4) is 0 Å². The minimum absolute atomic E-state index is 0.0792. The fraction of sp³-hybridized carbons (Fsp3) is 0.731. The summed E-state index contributed by atoms with van der Waals surface area (Å²) in [6, 6.07) is 0.